The lowest BCUT2D eigenvalue weighted by atomic mass is 9.94. The van der Waals surface area contributed by atoms with Crippen molar-refractivity contribution < 1.29 is 19.1 Å². The summed E-state index contributed by atoms with van der Waals surface area (Å²) in [7, 11) is 0. The van der Waals surface area contributed by atoms with Crippen LogP contribution in [0.4, 0.5) is 5.69 Å². The number of carbonyl (C=O) groups excluding carboxylic acids is 2. The smallest absolute Gasteiger partial charge is 0.338 e. The first kappa shape index (κ1) is 22.9. The van der Waals surface area contributed by atoms with Gasteiger partial charge in [0.1, 0.15) is 5.75 Å². The van der Waals surface area contributed by atoms with Crippen LogP contribution in [0.5, 0.6) is 5.75 Å². The van der Waals surface area contributed by atoms with Gasteiger partial charge in [0.2, 0.25) is 0 Å². The van der Waals surface area contributed by atoms with Gasteiger partial charge in [-0.1, -0.05) is 53.7 Å². The molecule has 7 nitrogen and oxygen atoms in total. The van der Waals surface area contributed by atoms with Crippen LogP contribution in [-0.4, -0.2) is 35.2 Å². The molecule has 33 heavy (non-hydrogen) atoms. The van der Waals surface area contributed by atoms with Crippen LogP contribution in [0.15, 0.2) is 76.4 Å². The lowest BCUT2D eigenvalue weighted by Gasteiger charge is -2.34. The number of nitrogens with one attached hydrogen (secondary N) is 1. The predicted octanol–water partition coefficient (Wildman–Crippen LogP) is 5.13. The first-order valence-corrected chi connectivity index (χ1v) is 11.6. The van der Waals surface area contributed by atoms with Gasteiger partial charge < -0.3 is 19.7 Å². The van der Waals surface area contributed by atoms with Gasteiger partial charge in [0, 0.05) is 11.8 Å². The van der Waals surface area contributed by atoms with E-state index in [1.807, 2.05) is 34.7 Å². The topological polar surface area (TPSA) is 80.2 Å². The molecule has 2 aromatic rings. The van der Waals surface area contributed by atoms with E-state index in [0.717, 1.165) is 10.7 Å². The second-order valence-corrected chi connectivity index (χ2v) is 8.46. The average molecular weight is 484 g/mol. The van der Waals surface area contributed by atoms with Crippen LogP contribution in [0.2, 0.25) is 5.02 Å². The van der Waals surface area contributed by atoms with Crippen molar-refractivity contribution in [3.05, 3.63) is 82.0 Å². The second kappa shape index (κ2) is 10.1. The van der Waals surface area contributed by atoms with Crippen molar-refractivity contribution in [2.75, 3.05) is 18.5 Å². The van der Waals surface area contributed by atoms with Gasteiger partial charge in [-0.2, -0.15) is 0 Å². The van der Waals surface area contributed by atoms with Crippen molar-refractivity contribution in [1.29, 1.82) is 0 Å². The molecule has 0 bridgehead atoms. The molecule has 0 spiro atoms. The minimum atomic E-state index is -0.495. The fourth-order valence-electron chi connectivity index (χ4n) is 3.61. The number of fused-ring (bicyclic) bond motifs is 1. The predicted molar refractivity (Wildman–Crippen MR) is 130 cm³/mol. The monoisotopic (exact) mass is 483 g/mol. The highest BCUT2D eigenvalue weighted by atomic mass is 35.5. The zero-order chi connectivity index (χ0) is 23.4. The summed E-state index contributed by atoms with van der Waals surface area (Å²) >= 11 is 7.59. The molecule has 2 aromatic carbocycles. The third kappa shape index (κ3) is 4.91. The van der Waals surface area contributed by atoms with Crippen LogP contribution >= 0.6 is 23.4 Å². The molecule has 170 valence electrons. The molecule has 0 aromatic heterocycles. The standard InChI is InChI=1S/C24H22ClN3O4S/c1-3-31-23(30)21-15(2)26-24-28(12-13-33-24)22(21)16-8-4-7-11-19(16)32-14-20(29)27-18-10-6-5-9-17(18)25/h4-13,22H,3,14H2,1-2H3,(H,27,29)/t22-/m0/s1. The van der Waals surface area contributed by atoms with Gasteiger partial charge in [-0.15, -0.1) is 0 Å². The summed E-state index contributed by atoms with van der Waals surface area (Å²) < 4.78 is 11.2. The molecular formula is C24H22ClN3O4S. The first-order valence-electron chi connectivity index (χ1n) is 10.3. The molecule has 0 aliphatic carbocycles. The molecule has 0 saturated heterocycles. The molecule has 0 fully saturated rings. The van der Waals surface area contributed by atoms with Crippen molar-refractivity contribution in [2.24, 2.45) is 4.99 Å². The SMILES string of the molecule is CCOC(=O)C1=C(C)N=C2SC=CN2[C@H]1c1ccccc1OCC(=O)Nc1ccccc1Cl. The minimum Gasteiger partial charge on any atom is -0.483 e. The number of hydrogen-bond donors (Lipinski definition) is 1. The fraction of sp³-hybridized carbons (Fsp3) is 0.208. The molecule has 0 saturated carbocycles. The molecule has 2 heterocycles. The van der Waals surface area contributed by atoms with Gasteiger partial charge in [0.05, 0.1) is 34.6 Å². The maximum atomic E-state index is 12.9. The van der Waals surface area contributed by atoms with Gasteiger partial charge in [-0.25, -0.2) is 9.79 Å². The highest BCUT2D eigenvalue weighted by Crippen LogP contribution is 2.43. The Balaban J connectivity index is 1.61. The number of anilines is 1. The molecular weight excluding hydrogens is 462 g/mol. The number of carbonyl (C=O) groups is 2. The van der Waals surface area contributed by atoms with Gasteiger partial charge in [0.15, 0.2) is 11.8 Å². The zero-order valence-electron chi connectivity index (χ0n) is 18.1. The number of allylic oxidation sites excluding steroid dienone is 1. The van der Waals surface area contributed by atoms with Crippen LogP contribution < -0.4 is 10.1 Å². The number of aliphatic imine (C=N–C) groups is 1. The highest BCUT2D eigenvalue weighted by Gasteiger charge is 2.38. The van der Waals surface area contributed by atoms with Gasteiger partial charge in [0.25, 0.3) is 5.91 Å². The number of esters is 1. The normalized spacial score (nSPS) is 16.9. The van der Waals surface area contributed by atoms with E-state index in [1.54, 1.807) is 44.2 Å². The molecule has 4 rings (SSSR count). The molecule has 0 unspecified atom stereocenters. The number of nitrogens with zero attached hydrogens (tertiary/aromatic N) is 2. The van der Waals surface area contributed by atoms with Crippen LogP contribution in [0.3, 0.4) is 0 Å². The van der Waals surface area contributed by atoms with Gasteiger partial charge in [-0.05, 0) is 37.5 Å². The molecule has 0 radical (unpaired) electrons. The number of para-hydroxylation sites is 2. The van der Waals surface area contributed by atoms with E-state index in [1.165, 1.54) is 11.8 Å². The molecule has 2 aliphatic rings. The molecule has 1 amide bonds. The van der Waals surface area contributed by atoms with Crippen molar-refractivity contribution in [3.8, 4) is 5.75 Å². The Hall–Kier alpha value is -3.23. The number of halogens is 1. The Morgan fingerprint density at radius 2 is 1.94 bits per heavy atom. The summed E-state index contributed by atoms with van der Waals surface area (Å²) in [4.78, 5) is 31.8. The molecule has 2 aliphatic heterocycles. The van der Waals surface area contributed by atoms with E-state index in [-0.39, 0.29) is 19.1 Å². The number of amides is 1. The number of ether oxygens (including phenoxy) is 2. The Kier molecular flexibility index (Phi) is 7.05. The van der Waals surface area contributed by atoms with E-state index in [4.69, 9.17) is 21.1 Å². The quantitative estimate of drug-likeness (QED) is 0.550. The average Bonchev–Trinajstić information content (AvgIpc) is 3.27. The molecule has 1 N–H and O–H groups in total. The largest absolute Gasteiger partial charge is 0.483 e. The Labute approximate surface area is 201 Å². The molecule has 9 heteroatoms. The minimum absolute atomic E-state index is 0.224. The summed E-state index contributed by atoms with van der Waals surface area (Å²) in [5.74, 6) is -0.296. The number of thioether (sulfide) groups is 1. The zero-order valence-corrected chi connectivity index (χ0v) is 19.7. The van der Waals surface area contributed by atoms with Crippen LogP contribution in [0.1, 0.15) is 25.5 Å². The summed E-state index contributed by atoms with van der Waals surface area (Å²) in [6, 6.07) is 13.8. The number of rotatable bonds is 7. The van der Waals surface area contributed by atoms with Crippen LogP contribution in [0, 0.1) is 0 Å². The van der Waals surface area contributed by atoms with E-state index in [0.29, 0.717) is 27.7 Å². The summed E-state index contributed by atoms with van der Waals surface area (Å²) in [5.41, 5.74) is 2.26. The van der Waals surface area contributed by atoms with Crippen molar-refractivity contribution in [2.45, 2.75) is 19.9 Å². The number of benzene rings is 2. The Morgan fingerprint density at radius 1 is 1.18 bits per heavy atom. The van der Waals surface area contributed by atoms with Gasteiger partial charge in [-0.3, -0.25) is 4.79 Å². The Bertz CT molecular complexity index is 1180. The van der Waals surface area contributed by atoms with E-state index in [9.17, 15) is 9.59 Å². The van der Waals surface area contributed by atoms with E-state index < -0.39 is 12.0 Å². The summed E-state index contributed by atoms with van der Waals surface area (Å²) in [6.45, 7) is 3.59. The van der Waals surface area contributed by atoms with E-state index >= 15 is 0 Å². The van der Waals surface area contributed by atoms with E-state index in [2.05, 4.69) is 10.3 Å². The number of amidine groups is 1. The third-order valence-corrected chi connectivity index (χ3v) is 6.14. The highest BCUT2D eigenvalue weighted by molar-refractivity contribution is 8.16. The van der Waals surface area contributed by atoms with Crippen molar-refractivity contribution >= 4 is 46.1 Å². The van der Waals surface area contributed by atoms with Gasteiger partial charge >= 0.3 is 5.97 Å². The summed E-state index contributed by atoms with van der Waals surface area (Å²) in [5, 5.41) is 5.86. The van der Waals surface area contributed by atoms with Crippen molar-refractivity contribution in [1.82, 2.24) is 4.90 Å². The third-order valence-electron chi connectivity index (χ3n) is 5.04. The lowest BCUT2D eigenvalue weighted by Crippen LogP contribution is -2.34. The summed E-state index contributed by atoms with van der Waals surface area (Å²) in [6.07, 6.45) is 1.88. The number of hydrogen-bond acceptors (Lipinski definition) is 7. The second-order valence-electron chi connectivity index (χ2n) is 7.18. The maximum Gasteiger partial charge on any atom is 0.338 e. The van der Waals surface area contributed by atoms with Crippen LogP contribution in [0.25, 0.3) is 0 Å². The lowest BCUT2D eigenvalue weighted by molar-refractivity contribution is -0.139. The van der Waals surface area contributed by atoms with Crippen molar-refractivity contribution in [3.63, 3.8) is 0 Å². The first-order chi connectivity index (χ1) is 16.0. The Morgan fingerprint density at radius 3 is 2.73 bits per heavy atom. The molecule has 1 atom stereocenters. The van der Waals surface area contributed by atoms with Crippen LogP contribution in [-0.2, 0) is 14.3 Å². The fourth-order valence-corrected chi connectivity index (χ4v) is 4.58. The maximum absolute atomic E-state index is 12.9.